The number of hydrogen-bond acceptors (Lipinski definition) is 7. The molecule has 3 aromatic rings. The first-order chi connectivity index (χ1) is 21.2. The van der Waals surface area contributed by atoms with Crippen LogP contribution >= 0.6 is 0 Å². The highest BCUT2D eigenvalue weighted by Gasteiger charge is 2.41. The van der Waals surface area contributed by atoms with E-state index in [9.17, 15) is 31.5 Å². The number of carbonyl (C=O) groups is 1. The summed E-state index contributed by atoms with van der Waals surface area (Å²) in [5.41, 5.74) is -1.44. The second-order valence-electron chi connectivity index (χ2n) is 11.8. The maximum Gasteiger partial charge on any atom is 0.417 e. The minimum atomic E-state index is -4.84. The first kappa shape index (κ1) is 31.2. The number of fused-ring (bicyclic) bond motifs is 2. The number of aliphatic hydroxyl groups is 1. The van der Waals surface area contributed by atoms with Gasteiger partial charge in [0.05, 0.1) is 30.1 Å². The molecular weight excluding hydrogens is 620 g/mol. The zero-order valence-corrected chi connectivity index (χ0v) is 24.7. The molecule has 45 heavy (non-hydrogen) atoms. The van der Waals surface area contributed by atoms with Gasteiger partial charge in [-0.05, 0) is 66.6 Å². The smallest absolute Gasteiger partial charge is 0.417 e. The van der Waals surface area contributed by atoms with Crippen LogP contribution in [0.2, 0.25) is 0 Å². The summed E-state index contributed by atoms with van der Waals surface area (Å²) >= 11 is 0. The van der Waals surface area contributed by atoms with Gasteiger partial charge in [-0.15, -0.1) is 0 Å². The molecule has 3 aliphatic rings. The number of ether oxygens (including phenoxy) is 3. The molecule has 2 heterocycles. The molecule has 1 saturated heterocycles. The van der Waals surface area contributed by atoms with E-state index >= 15 is 4.39 Å². The van der Waals surface area contributed by atoms with Crippen LogP contribution in [-0.4, -0.2) is 54.9 Å². The number of rotatable bonds is 8. The van der Waals surface area contributed by atoms with Crippen molar-refractivity contribution < 1.29 is 55.2 Å². The molecular formula is C32H30F4O8S. The van der Waals surface area contributed by atoms with Crippen molar-refractivity contribution in [3.63, 3.8) is 0 Å². The van der Waals surface area contributed by atoms with E-state index in [1.54, 1.807) is 18.2 Å². The van der Waals surface area contributed by atoms with Gasteiger partial charge in [0.1, 0.15) is 41.4 Å². The highest BCUT2D eigenvalue weighted by Crippen LogP contribution is 2.48. The Morgan fingerprint density at radius 1 is 1.04 bits per heavy atom. The fourth-order valence-corrected chi connectivity index (χ4v) is 7.88. The van der Waals surface area contributed by atoms with E-state index in [0.29, 0.717) is 23.1 Å². The maximum atomic E-state index is 15.4. The van der Waals surface area contributed by atoms with Crippen molar-refractivity contribution in [2.75, 3.05) is 24.7 Å². The summed E-state index contributed by atoms with van der Waals surface area (Å²) in [5.74, 6) is -1.55. The lowest BCUT2D eigenvalue weighted by atomic mass is 9.91. The molecule has 0 spiro atoms. The third-order valence-corrected chi connectivity index (χ3v) is 10.3. The Balaban J connectivity index is 1.25. The van der Waals surface area contributed by atoms with E-state index in [-0.39, 0.29) is 90.7 Å². The van der Waals surface area contributed by atoms with Gasteiger partial charge in [0, 0.05) is 23.1 Å². The molecule has 0 radical (unpaired) electrons. The molecule has 3 aromatic carbocycles. The average molecular weight is 651 g/mol. The van der Waals surface area contributed by atoms with Gasteiger partial charge >= 0.3 is 12.1 Å². The van der Waals surface area contributed by atoms with Crippen LogP contribution in [0.4, 0.5) is 17.6 Å². The molecule has 6 rings (SSSR count). The first-order valence-corrected chi connectivity index (χ1v) is 16.3. The Morgan fingerprint density at radius 3 is 2.40 bits per heavy atom. The summed E-state index contributed by atoms with van der Waals surface area (Å²) in [5, 5.41) is 19.8. The van der Waals surface area contributed by atoms with E-state index in [2.05, 4.69) is 0 Å². The second kappa shape index (κ2) is 11.5. The van der Waals surface area contributed by atoms with E-state index in [4.69, 9.17) is 19.3 Å². The Kier molecular flexibility index (Phi) is 7.97. The van der Waals surface area contributed by atoms with Crippen molar-refractivity contribution in [1.82, 2.24) is 0 Å². The van der Waals surface area contributed by atoms with Crippen LogP contribution in [0.25, 0.3) is 11.1 Å². The van der Waals surface area contributed by atoms with Crippen molar-refractivity contribution in [2.24, 2.45) is 0 Å². The third kappa shape index (κ3) is 6.46. The van der Waals surface area contributed by atoms with Crippen molar-refractivity contribution in [3.8, 4) is 28.4 Å². The molecule has 240 valence electrons. The van der Waals surface area contributed by atoms with Gasteiger partial charge in [0.15, 0.2) is 9.84 Å². The van der Waals surface area contributed by atoms with Crippen LogP contribution in [0, 0.1) is 5.82 Å². The van der Waals surface area contributed by atoms with Crippen molar-refractivity contribution >= 4 is 15.8 Å². The van der Waals surface area contributed by atoms with Gasteiger partial charge in [0.2, 0.25) is 0 Å². The molecule has 2 N–H and O–H groups in total. The standard InChI is InChI=1S/C32H30F4O8S/c33-25-15-24(32(34,35)36)29(18-1-3-20(4-2-18)43-17-31(39)9-11-45(40,41)12-10-31)23-7-8-26(30(23)25)44-21-5-6-22-19(13-28(37)38)16-42-27(22)14-21/h1-6,14-15,19,26,39H,7-13,16-17H2,(H,37,38)/t19-,26-/m1/s1. The minimum absolute atomic E-state index is 0.0248. The van der Waals surface area contributed by atoms with Crippen LogP contribution in [-0.2, 0) is 27.2 Å². The molecule has 0 saturated carbocycles. The zero-order valence-electron chi connectivity index (χ0n) is 23.9. The van der Waals surface area contributed by atoms with E-state index in [0.717, 1.165) is 0 Å². The molecule has 1 fully saturated rings. The van der Waals surface area contributed by atoms with Crippen molar-refractivity contribution in [3.05, 3.63) is 76.6 Å². The van der Waals surface area contributed by atoms with Gasteiger partial charge in [-0.25, -0.2) is 12.8 Å². The molecule has 2 aliphatic heterocycles. The molecule has 1 aliphatic carbocycles. The number of carboxylic acid groups (broad SMARTS) is 1. The summed E-state index contributed by atoms with van der Waals surface area (Å²) in [7, 11) is -3.19. The number of sulfone groups is 1. The SMILES string of the molecule is O=C(O)C[C@@H]1COc2cc(O[C@@H]3CCc4c(-c5ccc(OCC6(O)CCS(=O)(=O)CC6)cc5)c(C(F)(F)F)cc(F)c43)ccc21. The highest BCUT2D eigenvalue weighted by molar-refractivity contribution is 7.91. The fraction of sp³-hybridized carbons (Fsp3) is 0.406. The van der Waals surface area contributed by atoms with Gasteiger partial charge in [-0.1, -0.05) is 18.2 Å². The molecule has 0 aromatic heterocycles. The Hall–Kier alpha value is -3.84. The number of carboxylic acids is 1. The van der Waals surface area contributed by atoms with Crippen molar-refractivity contribution in [2.45, 2.75) is 55.9 Å². The summed E-state index contributed by atoms with van der Waals surface area (Å²) in [6, 6.07) is 11.2. The highest BCUT2D eigenvalue weighted by atomic mass is 32.2. The number of alkyl halides is 3. The summed E-state index contributed by atoms with van der Waals surface area (Å²) in [6.07, 6.45) is -5.39. The van der Waals surface area contributed by atoms with Gasteiger partial charge in [0.25, 0.3) is 0 Å². The molecule has 13 heteroatoms. The predicted octanol–water partition coefficient (Wildman–Crippen LogP) is 5.85. The number of hydrogen-bond donors (Lipinski definition) is 2. The summed E-state index contributed by atoms with van der Waals surface area (Å²) in [6.45, 7) is 0.0270. The van der Waals surface area contributed by atoms with Gasteiger partial charge < -0.3 is 24.4 Å². The normalized spacial score (nSPS) is 21.4. The third-order valence-electron chi connectivity index (χ3n) is 8.68. The minimum Gasteiger partial charge on any atom is -0.492 e. The number of halogens is 4. The second-order valence-corrected chi connectivity index (χ2v) is 14.1. The monoisotopic (exact) mass is 650 g/mol. The molecule has 0 unspecified atom stereocenters. The van der Waals surface area contributed by atoms with Crippen LogP contribution < -0.4 is 14.2 Å². The molecule has 0 amide bonds. The molecule has 8 nitrogen and oxygen atoms in total. The van der Waals surface area contributed by atoms with E-state index in [1.807, 2.05) is 0 Å². The molecule has 2 atom stereocenters. The lowest BCUT2D eigenvalue weighted by Gasteiger charge is -2.31. The lowest BCUT2D eigenvalue weighted by Crippen LogP contribution is -2.43. The van der Waals surface area contributed by atoms with Gasteiger partial charge in [-0.2, -0.15) is 13.2 Å². The predicted molar refractivity (Wildman–Crippen MR) is 154 cm³/mol. The van der Waals surface area contributed by atoms with Crippen molar-refractivity contribution in [1.29, 1.82) is 0 Å². The zero-order chi connectivity index (χ0) is 32.1. The van der Waals surface area contributed by atoms with Crippen LogP contribution in [0.5, 0.6) is 17.2 Å². The summed E-state index contributed by atoms with van der Waals surface area (Å²) in [4.78, 5) is 11.1. The largest absolute Gasteiger partial charge is 0.492 e. The Bertz CT molecular complexity index is 1720. The number of aliphatic carboxylic acids is 1. The first-order valence-electron chi connectivity index (χ1n) is 14.4. The fourth-order valence-electron chi connectivity index (χ4n) is 6.29. The van der Waals surface area contributed by atoms with Gasteiger partial charge in [-0.3, -0.25) is 4.79 Å². The van der Waals surface area contributed by atoms with E-state index < -0.39 is 45.1 Å². The topological polar surface area (TPSA) is 119 Å². The van der Waals surface area contributed by atoms with Crippen LogP contribution in [0.15, 0.2) is 48.5 Å². The quantitative estimate of drug-likeness (QED) is 0.292. The average Bonchev–Trinajstić information content (AvgIpc) is 3.58. The van der Waals surface area contributed by atoms with Crippen LogP contribution in [0.3, 0.4) is 0 Å². The van der Waals surface area contributed by atoms with Crippen LogP contribution in [0.1, 0.15) is 60.0 Å². The summed E-state index contributed by atoms with van der Waals surface area (Å²) < 4.78 is 98.8. The maximum absolute atomic E-state index is 15.4. The molecule has 0 bridgehead atoms. The lowest BCUT2D eigenvalue weighted by molar-refractivity contribution is -0.138. The van der Waals surface area contributed by atoms with E-state index in [1.165, 1.54) is 24.3 Å². The number of benzene rings is 3. The Morgan fingerprint density at radius 2 is 1.73 bits per heavy atom. The Labute approximate surface area is 256 Å².